The molecule has 136 valence electrons. The normalized spacial score (nSPS) is 27.5. The summed E-state index contributed by atoms with van der Waals surface area (Å²) in [6.07, 6.45) is 2.43. The van der Waals surface area contributed by atoms with Gasteiger partial charge in [0.2, 0.25) is 0 Å². The van der Waals surface area contributed by atoms with Crippen LogP contribution in [-0.4, -0.2) is 56.4 Å². The number of benzene rings is 1. The van der Waals surface area contributed by atoms with Gasteiger partial charge in [0.1, 0.15) is 5.82 Å². The first kappa shape index (κ1) is 16.8. The lowest BCUT2D eigenvalue weighted by Gasteiger charge is -2.29. The Morgan fingerprint density at radius 3 is 2.68 bits per heavy atom. The number of rotatable bonds is 4. The van der Waals surface area contributed by atoms with Crippen LogP contribution < -0.4 is 16.1 Å². The van der Waals surface area contributed by atoms with Gasteiger partial charge in [0, 0.05) is 37.8 Å². The van der Waals surface area contributed by atoms with Crippen LogP contribution in [0.25, 0.3) is 0 Å². The number of anilines is 1. The van der Waals surface area contributed by atoms with Gasteiger partial charge in [-0.2, -0.15) is 0 Å². The first-order chi connectivity index (χ1) is 12.1. The first-order valence-electron chi connectivity index (χ1n) is 9.04. The Labute approximate surface area is 147 Å². The highest BCUT2D eigenvalue weighted by Crippen LogP contribution is 2.40. The van der Waals surface area contributed by atoms with Crippen molar-refractivity contribution in [2.45, 2.75) is 18.9 Å². The molecule has 1 saturated carbocycles. The number of hydrazine groups is 1. The fourth-order valence-corrected chi connectivity index (χ4v) is 3.98. The zero-order chi connectivity index (χ0) is 17.4. The number of nitrogens with one attached hydrogen (secondary N) is 1. The van der Waals surface area contributed by atoms with Crippen molar-refractivity contribution in [1.29, 1.82) is 0 Å². The Balaban J connectivity index is 1.44. The number of hydrogen-bond donors (Lipinski definition) is 2. The molecule has 2 aliphatic heterocycles. The summed E-state index contributed by atoms with van der Waals surface area (Å²) in [5.41, 5.74) is 0.893. The molecule has 4 rings (SSSR count). The van der Waals surface area contributed by atoms with Crippen LogP contribution in [-0.2, 0) is 4.74 Å². The molecule has 7 heteroatoms. The molecule has 3 fully saturated rings. The van der Waals surface area contributed by atoms with Gasteiger partial charge in [-0.15, -0.1) is 0 Å². The van der Waals surface area contributed by atoms with Gasteiger partial charge < -0.3 is 15.0 Å². The molecule has 1 aromatic rings. The number of nitrogens with two attached hydrogens (primary N) is 1. The van der Waals surface area contributed by atoms with Crippen molar-refractivity contribution in [2.75, 3.05) is 44.3 Å². The molecule has 0 aromatic heterocycles. The minimum Gasteiger partial charge on any atom is -0.378 e. The van der Waals surface area contributed by atoms with E-state index in [1.54, 1.807) is 17.1 Å². The maximum absolute atomic E-state index is 14.5. The van der Waals surface area contributed by atoms with Crippen molar-refractivity contribution in [1.82, 2.24) is 10.3 Å². The Hall–Kier alpha value is -1.70. The van der Waals surface area contributed by atoms with Gasteiger partial charge in [0.25, 0.3) is 5.91 Å². The fourth-order valence-electron chi connectivity index (χ4n) is 3.98. The molecule has 2 saturated heterocycles. The lowest BCUT2D eigenvalue weighted by atomic mass is 9.98. The monoisotopic (exact) mass is 348 g/mol. The summed E-state index contributed by atoms with van der Waals surface area (Å²) in [6.45, 7) is 4.00. The molecule has 1 amide bonds. The number of ether oxygens (including phenoxy) is 1. The standard InChI is InChI=1S/C18H25FN4O2/c19-15-9-13(3-4-17(15)22-5-7-25-8-6-22)18(24)21-16-11-23(20)10-14(16)12-1-2-12/h3-4,9,12,14,16H,1-2,5-8,10-11,20H2,(H,21,24)/t14-,16-/m0/s1. The van der Waals surface area contributed by atoms with Gasteiger partial charge in [-0.3, -0.25) is 10.6 Å². The van der Waals surface area contributed by atoms with Gasteiger partial charge >= 0.3 is 0 Å². The van der Waals surface area contributed by atoms with E-state index in [0.29, 0.717) is 55.9 Å². The molecule has 0 radical (unpaired) electrons. The second-order valence-corrected chi connectivity index (χ2v) is 7.30. The Morgan fingerprint density at radius 1 is 1.24 bits per heavy atom. The molecule has 0 spiro atoms. The van der Waals surface area contributed by atoms with Crippen LogP contribution in [0.15, 0.2) is 18.2 Å². The van der Waals surface area contributed by atoms with Crippen molar-refractivity contribution in [2.24, 2.45) is 17.7 Å². The Morgan fingerprint density at radius 2 is 2.00 bits per heavy atom. The topological polar surface area (TPSA) is 70.8 Å². The average Bonchev–Trinajstić information content (AvgIpc) is 3.39. The van der Waals surface area contributed by atoms with Crippen LogP contribution in [0.4, 0.5) is 10.1 Å². The maximum atomic E-state index is 14.5. The molecule has 0 unspecified atom stereocenters. The highest BCUT2D eigenvalue weighted by atomic mass is 19.1. The zero-order valence-electron chi connectivity index (χ0n) is 14.3. The summed E-state index contributed by atoms with van der Waals surface area (Å²) in [4.78, 5) is 14.5. The van der Waals surface area contributed by atoms with Crippen molar-refractivity contribution in [3.8, 4) is 0 Å². The lowest BCUT2D eigenvalue weighted by Crippen LogP contribution is -2.41. The minimum atomic E-state index is -0.361. The van der Waals surface area contributed by atoms with E-state index in [1.807, 2.05) is 4.90 Å². The van der Waals surface area contributed by atoms with Gasteiger partial charge in [-0.05, 0) is 42.9 Å². The van der Waals surface area contributed by atoms with E-state index in [4.69, 9.17) is 10.6 Å². The summed E-state index contributed by atoms with van der Waals surface area (Å²) in [5, 5.41) is 4.84. The smallest absolute Gasteiger partial charge is 0.251 e. The summed E-state index contributed by atoms with van der Waals surface area (Å²) < 4.78 is 19.8. The first-order valence-corrected chi connectivity index (χ1v) is 9.04. The molecule has 0 bridgehead atoms. The Bertz CT molecular complexity index is 646. The third-order valence-corrected chi connectivity index (χ3v) is 5.50. The number of halogens is 1. The summed E-state index contributed by atoms with van der Waals surface area (Å²) in [7, 11) is 0. The third-order valence-electron chi connectivity index (χ3n) is 5.50. The van der Waals surface area contributed by atoms with E-state index in [0.717, 1.165) is 6.54 Å². The van der Waals surface area contributed by atoms with Gasteiger partial charge in [0.15, 0.2) is 0 Å². The van der Waals surface area contributed by atoms with E-state index < -0.39 is 0 Å². The molecular formula is C18H25FN4O2. The highest BCUT2D eigenvalue weighted by Gasteiger charge is 2.42. The van der Waals surface area contributed by atoms with Crippen LogP contribution in [0.5, 0.6) is 0 Å². The van der Waals surface area contributed by atoms with Crippen LogP contribution >= 0.6 is 0 Å². The Kier molecular flexibility index (Phi) is 4.62. The molecule has 1 aromatic carbocycles. The molecule has 3 N–H and O–H groups in total. The van der Waals surface area contributed by atoms with Crippen molar-refractivity contribution in [3.63, 3.8) is 0 Å². The SMILES string of the molecule is NN1C[C@H](NC(=O)c2ccc(N3CCOCC3)c(F)c2)[C@H](C2CC2)C1. The fraction of sp³-hybridized carbons (Fsp3) is 0.611. The molecular weight excluding hydrogens is 323 g/mol. The van der Waals surface area contributed by atoms with E-state index in [1.165, 1.54) is 18.9 Å². The predicted octanol–water partition coefficient (Wildman–Crippen LogP) is 0.976. The number of carbonyl (C=O) groups is 1. The third kappa shape index (κ3) is 3.63. The van der Waals surface area contributed by atoms with Gasteiger partial charge in [-0.1, -0.05) is 0 Å². The summed E-state index contributed by atoms with van der Waals surface area (Å²) in [6, 6.07) is 4.77. The van der Waals surface area contributed by atoms with E-state index in [2.05, 4.69) is 5.32 Å². The number of nitrogens with zero attached hydrogens (tertiary/aromatic N) is 2. The van der Waals surface area contributed by atoms with Crippen molar-refractivity contribution in [3.05, 3.63) is 29.6 Å². The minimum absolute atomic E-state index is 0.0481. The summed E-state index contributed by atoms with van der Waals surface area (Å²) in [5.74, 6) is 6.42. The average molecular weight is 348 g/mol. The van der Waals surface area contributed by atoms with Crippen molar-refractivity contribution < 1.29 is 13.9 Å². The molecule has 25 heavy (non-hydrogen) atoms. The van der Waals surface area contributed by atoms with E-state index in [9.17, 15) is 9.18 Å². The molecule has 2 heterocycles. The second kappa shape index (κ2) is 6.90. The van der Waals surface area contributed by atoms with Gasteiger partial charge in [0.05, 0.1) is 18.9 Å². The molecule has 1 aliphatic carbocycles. The van der Waals surface area contributed by atoms with Crippen LogP contribution in [0, 0.1) is 17.7 Å². The van der Waals surface area contributed by atoms with Crippen LogP contribution in [0.2, 0.25) is 0 Å². The van der Waals surface area contributed by atoms with E-state index >= 15 is 0 Å². The number of morpholine rings is 1. The number of carbonyl (C=O) groups excluding carboxylic acids is 1. The van der Waals surface area contributed by atoms with E-state index in [-0.39, 0.29) is 17.8 Å². The maximum Gasteiger partial charge on any atom is 0.251 e. The van der Waals surface area contributed by atoms with Crippen LogP contribution in [0.3, 0.4) is 0 Å². The second-order valence-electron chi connectivity index (χ2n) is 7.30. The van der Waals surface area contributed by atoms with Crippen molar-refractivity contribution >= 4 is 11.6 Å². The number of amides is 1. The highest BCUT2D eigenvalue weighted by molar-refractivity contribution is 5.94. The molecule has 6 nitrogen and oxygen atoms in total. The summed E-state index contributed by atoms with van der Waals surface area (Å²) >= 11 is 0. The molecule has 3 aliphatic rings. The quantitative estimate of drug-likeness (QED) is 0.794. The largest absolute Gasteiger partial charge is 0.378 e. The molecule has 2 atom stereocenters. The number of hydrogen-bond acceptors (Lipinski definition) is 5. The zero-order valence-corrected chi connectivity index (χ0v) is 14.3. The van der Waals surface area contributed by atoms with Crippen LogP contribution in [0.1, 0.15) is 23.2 Å². The lowest BCUT2D eigenvalue weighted by molar-refractivity contribution is 0.0927. The predicted molar refractivity (Wildman–Crippen MR) is 92.7 cm³/mol. The van der Waals surface area contributed by atoms with Gasteiger partial charge in [-0.25, -0.2) is 9.40 Å².